The number of ether oxygens (including phenoxy) is 1. The molecule has 0 spiro atoms. The van der Waals surface area contributed by atoms with Crippen LogP contribution >= 0.6 is 0 Å². The summed E-state index contributed by atoms with van der Waals surface area (Å²) < 4.78 is 34.3. The van der Waals surface area contributed by atoms with Crippen LogP contribution in [0.25, 0.3) is 11.1 Å². The quantitative estimate of drug-likeness (QED) is 0.501. The minimum Gasteiger partial charge on any atom is -0.395 e. The van der Waals surface area contributed by atoms with Gasteiger partial charge in [0.2, 0.25) is 0 Å². The molecule has 170 valence electrons. The van der Waals surface area contributed by atoms with E-state index in [-0.39, 0.29) is 39.0 Å². The molecule has 1 heterocycles. The molecule has 31 heavy (non-hydrogen) atoms. The zero-order chi connectivity index (χ0) is 22.3. The average molecular weight is 436 g/mol. The molecule has 5 nitrogen and oxygen atoms in total. The number of benzene rings is 2. The molecular weight excluding hydrogens is 404 g/mol. The first-order chi connectivity index (χ1) is 14.9. The second-order valence-electron chi connectivity index (χ2n) is 8.21. The number of piperidine rings is 1. The van der Waals surface area contributed by atoms with Gasteiger partial charge in [-0.15, -0.1) is 0 Å². The second kappa shape index (κ2) is 11.1. The summed E-state index contributed by atoms with van der Waals surface area (Å²) in [6.45, 7) is -0.364. The van der Waals surface area contributed by atoms with E-state index in [2.05, 4.69) is 0 Å². The largest absolute Gasteiger partial charge is 0.395 e. The van der Waals surface area contributed by atoms with Crippen molar-refractivity contribution < 1.29 is 28.8 Å². The van der Waals surface area contributed by atoms with Crippen molar-refractivity contribution in [2.75, 3.05) is 26.3 Å². The Labute approximate surface area is 181 Å². The molecule has 1 saturated heterocycles. The number of hydrogen-bond acceptors (Lipinski definition) is 5. The summed E-state index contributed by atoms with van der Waals surface area (Å²) in [7, 11) is 0. The Morgan fingerprint density at radius 2 is 1.65 bits per heavy atom. The molecule has 0 aliphatic carbocycles. The van der Waals surface area contributed by atoms with E-state index < -0.39 is 30.7 Å². The van der Waals surface area contributed by atoms with Gasteiger partial charge in [0.15, 0.2) is 0 Å². The zero-order valence-corrected chi connectivity index (χ0v) is 17.5. The molecular formula is C24H31F2NO4. The van der Waals surface area contributed by atoms with Gasteiger partial charge in [-0.05, 0) is 29.5 Å². The molecule has 2 aromatic rings. The Morgan fingerprint density at radius 1 is 0.968 bits per heavy atom. The molecule has 3 rings (SSSR count). The van der Waals surface area contributed by atoms with Crippen molar-refractivity contribution >= 4 is 0 Å². The van der Waals surface area contributed by atoms with E-state index in [0.717, 1.165) is 16.7 Å². The van der Waals surface area contributed by atoms with Gasteiger partial charge in [-0.3, -0.25) is 4.90 Å². The molecule has 0 saturated carbocycles. The molecule has 1 aliphatic heterocycles. The molecule has 7 heteroatoms. The molecule has 1 aliphatic rings. The van der Waals surface area contributed by atoms with Crippen molar-refractivity contribution in [1.82, 2.24) is 4.90 Å². The van der Waals surface area contributed by atoms with Crippen molar-refractivity contribution in [1.29, 1.82) is 0 Å². The SMILES string of the molecule is OC[C@H]1CC(O)[C@@H](O)CN1CC(F)(F)CCCOCc1ccc(-c2ccccc2)cc1. The van der Waals surface area contributed by atoms with Crippen molar-refractivity contribution in [2.45, 2.75) is 50.0 Å². The van der Waals surface area contributed by atoms with E-state index >= 15 is 0 Å². The van der Waals surface area contributed by atoms with Gasteiger partial charge in [0.05, 0.1) is 32.0 Å². The van der Waals surface area contributed by atoms with Crippen LogP contribution in [0.3, 0.4) is 0 Å². The third kappa shape index (κ3) is 7.05. The van der Waals surface area contributed by atoms with Crippen LogP contribution in [0.15, 0.2) is 54.6 Å². The second-order valence-corrected chi connectivity index (χ2v) is 8.21. The molecule has 0 bridgehead atoms. The van der Waals surface area contributed by atoms with Gasteiger partial charge in [-0.2, -0.15) is 0 Å². The summed E-state index contributed by atoms with van der Waals surface area (Å²) in [6, 6.07) is 17.4. The number of alkyl halides is 2. The van der Waals surface area contributed by atoms with Gasteiger partial charge in [0, 0.05) is 25.6 Å². The zero-order valence-electron chi connectivity index (χ0n) is 17.5. The standard InChI is InChI=1S/C24H31F2NO4/c25-24(26,17-27-14-23(30)22(29)13-21(27)15-28)11-4-12-31-16-18-7-9-20(10-8-18)19-5-2-1-3-6-19/h1-3,5-10,21-23,28-30H,4,11-17H2/t21-,22?,23+/m1/s1. The number of nitrogens with zero attached hydrogens (tertiary/aromatic N) is 1. The Balaban J connectivity index is 1.39. The maximum absolute atomic E-state index is 14.4. The number of aliphatic hydroxyl groups is 3. The summed E-state index contributed by atoms with van der Waals surface area (Å²) >= 11 is 0. The van der Waals surface area contributed by atoms with Crippen LogP contribution in [0, 0.1) is 0 Å². The lowest BCUT2D eigenvalue weighted by Crippen LogP contribution is -2.56. The van der Waals surface area contributed by atoms with E-state index in [1.807, 2.05) is 54.6 Å². The molecule has 1 unspecified atom stereocenters. The topological polar surface area (TPSA) is 73.2 Å². The Bertz CT molecular complexity index is 788. The monoisotopic (exact) mass is 435 g/mol. The first-order valence-electron chi connectivity index (χ1n) is 10.7. The highest BCUT2D eigenvalue weighted by atomic mass is 19.3. The summed E-state index contributed by atoms with van der Waals surface area (Å²) in [6.07, 6.45) is -2.11. The van der Waals surface area contributed by atoms with Crippen molar-refractivity contribution in [3.05, 3.63) is 60.2 Å². The third-order valence-corrected chi connectivity index (χ3v) is 5.70. The van der Waals surface area contributed by atoms with Gasteiger partial charge in [0.25, 0.3) is 5.92 Å². The van der Waals surface area contributed by atoms with Gasteiger partial charge in [-0.1, -0.05) is 54.6 Å². The van der Waals surface area contributed by atoms with Crippen molar-refractivity contribution in [3.8, 4) is 11.1 Å². The van der Waals surface area contributed by atoms with Crippen LogP contribution in [-0.4, -0.2) is 70.7 Å². The lowest BCUT2D eigenvalue weighted by Gasteiger charge is -2.41. The van der Waals surface area contributed by atoms with Gasteiger partial charge >= 0.3 is 0 Å². The van der Waals surface area contributed by atoms with Crippen LogP contribution in [0.5, 0.6) is 0 Å². The highest BCUT2D eigenvalue weighted by molar-refractivity contribution is 5.63. The molecule has 3 atom stereocenters. The Kier molecular flexibility index (Phi) is 8.51. The number of halogens is 2. The number of likely N-dealkylation sites (tertiary alicyclic amines) is 1. The van der Waals surface area contributed by atoms with E-state index in [1.165, 1.54) is 4.90 Å². The van der Waals surface area contributed by atoms with Crippen molar-refractivity contribution in [3.63, 3.8) is 0 Å². The lowest BCUT2D eigenvalue weighted by atomic mass is 9.96. The fourth-order valence-electron chi connectivity index (χ4n) is 3.90. The Hall–Kier alpha value is -1.90. The first kappa shape index (κ1) is 23.8. The summed E-state index contributed by atoms with van der Waals surface area (Å²) in [5.74, 6) is -2.96. The normalized spacial score (nSPS) is 22.5. The molecule has 0 radical (unpaired) electrons. The predicted molar refractivity (Wildman–Crippen MR) is 115 cm³/mol. The van der Waals surface area contributed by atoms with E-state index in [9.17, 15) is 24.1 Å². The minimum absolute atomic E-state index is 0.0720. The van der Waals surface area contributed by atoms with Crippen LogP contribution in [0.1, 0.15) is 24.8 Å². The first-order valence-corrected chi connectivity index (χ1v) is 10.7. The van der Waals surface area contributed by atoms with Gasteiger partial charge < -0.3 is 20.1 Å². The Morgan fingerprint density at radius 3 is 2.32 bits per heavy atom. The van der Waals surface area contributed by atoms with Crippen LogP contribution < -0.4 is 0 Å². The van der Waals surface area contributed by atoms with E-state index in [0.29, 0.717) is 6.61 Å². The fraction of sp³-hybridized carbons (Fsp3) is 0.500. The third-order valence-electron chi connectivity index (χ3n) is 5.70. The fourth-order valence-corrected chi connectivity index (χ4v) is 3.90. The number of β-amino-alcohol motifs (C(OH)–C–C–N with tert-alkyl or cyclic N) is 1. The summed E-state index contributed by atoms with van der Waals surface area (Å²) in [4.78, 5) is 1.37. The summed E-state index contributed by atoms with van der Waals surface area (Å²) in [5.41, 5.74) is 3.23. The van der Waals surface area contributed by atoms with Crippen LogP contribution in [0.4, 0.5) is 8.78 Å². The minimum atomic E-state index is -2.96. The molecule has 2 aromatic carbocycles. The van der Waals surface area contributed by atoms with E-state index in [4.69, 9.17) is 4.74 Å². The van der Waals surface area contributed by atoms with Crippen molar-refractivity contribution in [2.24, 2.45) is 0 Å². The number of rotatable bonds is 10. The maximum Gasteiger partial charge on any atom is 0.260 e. The average Bonchev–Trinajstić information content (AvgIpc) is 2.76. The van der Waals surface area contributed by atoms with Gasteiger partial charge in [0.1, 0.15) is 0 Å². The highest BCUT2D eigenvalue weighted by Gasteiger charge is 2.39. The maximum atomic E-state index is 14.4. The number of hydrogen-bond donors (Lipinski definition) is 3. The summed E-state index contributed by atoms with van der Waals surface area (Å²) in [5, 5.41) is 28.8. The molecule has 1 fully saturated rings. The smallest absolute Gasteiger partial charge is 0.260 e. The molecule has 0 aromatic heterocycles. The molecule has 0 amide bonds. The van der Waals surface area contributed by atoms with Crippen LogP contribution in [0.2, 0.25) is 0 Å². The van der Waals surface area contributed by atoms with E-state index in [1.54, 1.807) is 0 Å². The number of aliphatic hydroxyl groups excluding tert-OH is 3. The highest BCUT2D eigenvalue weighted by Crippen LogP contribution is 2.27. The van der Waals surface area contributed by atoms with Crippen LogP contribution in [-0.2, 0) is 11.3 Å². The predicted octanol–water partition coefficient (Wildman–Crippen LogP) is 3.07. The van der Waals surface area contributed by atoms with Gasteiger partial charge in [-0.25, -0.2) is 8.78 Å². The lowest BCUT2D eigenvalue weighted by molar-refractivity contribution is -0.111. The molecule has 3 N–H and O–H groups in total.